The summed E-state index contributed by atoms with van der Waals surface area (Å²) < 4.78 is 16.9. The van der Waals surface area contributed by atoms with E-state index in [2.05, 4.69) is 45.1 Å². The van der Waals surface area contributed by atoms with E-state index in [4.69, 9.17) is 14.2 Å². The van der Waals surface area contributed by atoms with Gasteiger partial charge in [0.15, 0.2) is 6.10 Å². The molecule has 0 aliphatic carbocycles. The molecule has 0 spiro atoms. The van der Waals surface area contributed by atoms with E-state index < -0.39 is 6.10 Å². The zero-order valence-corrected chi connectivity index (χ0v) is 51.6. The highest BCUT2D eigenvalue weighted by Crippen LogP contribution is 2.18. The molecule has 0 aromatic heterocycles. The predicted octanol–water partition coefficient (Wildman–Crippen LogP) is 23.4. The molecule has 0 fully saturated rings. The van der Waals surface area contributed by atoms with Gasteiger partial charge in [0.2, 0.25) is 0 Å². The van der Waals surface area contributed by atoms with Crippen LogP contribution >= 0.6 is 0 Å². The number of carbonyl (C=O) groups is 3. The van der Waals surface area contributed by atoms with Crippen LogP contribution in [0.1, 0.15) is 387 Å². The summed E-state index contributed by atoms with van der Waals surface area (Å²) >= 11 is 0. The van der Waals surface area contributed by atoms with Gasteiger partial charge in [-0.15, -0.1) is 0 Å². The number of hydrogen-bond donors (Lipinski definition) is 0. The number of hydrogen-bond acceptors (Lipinski definition) is 6. The minimum absolute atomic E-state index is 0.0686. The molecule has 448 valence electrons. The predicted molar refractivity (Wildman–Crippen MR) is 330 cm³/mol. The molecule has 0 saturated carbocycles. The molecule has 1 unspecified atom stereocenters. The van der Waals surface area contributed by atoms with Crippen molar-refractivity contribution in [2.24, 2.45) is 0 Å². The van der Waals surface area contributed by atoms with E-state index in [1.165, 1.54) is 283 Å². The molecule has 0 aromatic carbocycles. The van der Waals surface area contributed by atoms with Gasteiger partial charge in [0.25, 0.3) is 0 Å². The Hall–Kier alpha value is -2.11. The zero-order chi connectivity index (χ0) is 55.0. The molecule has 1 atom stereocenters. The van der Waals surface area contributed by atoms with Gasteiger partial charge in [-0.3, -0.25) is 14.4 Å². The Morgan fingerprint density at radius 2 is 0.434 bits per heavy atom. The van der Waals surface area contributed by atoms with Crippen LogP contribution in [0.25, 0.3) is 0 Å². The molecule has 0 saturated heterocycles. The van der Waals surface area contributed by atoms with Gasteiger partial charge in [0, 0.05) is 19.3 Å². The van der Waals surface area contributed by atoms with Gasteiger partial charge in [-0.25, -0.2) is 0 Å². The molecule has 0 heterocycles. The van der Waals surface area contributed by atoms with Gasteiger partial charge in [0.1, 0.15) is 13.2 Å². The van der Waals surface area contributed by atoms with Crippen LogP contribution in [0.15, 0.2) is 24.3 Å². The quantitative estimate of drug-likeness (QED) is 0.0261. The molecule has 76 heavy (non-hydrogen) atoms. The van der Waals surface area contributed by atoms with Crippen molar-refractivity contribution in [2.75, 3.05) is 13.2 Å². The first-order valence-electron chi connectivity index (χ1n) is 34.3. The number of carbonyl (C=O) groups excluding carboxylic acids is 3. The standard InChI is InChI=1S/C70H132O6/c1-4-7-10-13-16-19-22-24-26-27-28-29-30-31-32-33-34-35-36-37-38-39-40-41-42-43-44-46-48-51-54-57-60-63-69(72)75-66-67(65-74-68(71)62-59-56-53-50-47-21-18-15-12-9-6-3)76-70(73)64-61-58-55-52-49-45-25-23-20-17-14-11-8-5-2/h23,25,27-28,67H,4-22,24,26,29-66H2,1-3H3/b25-23-,28-27-. The summed E-state index contributed by atoms with van der Waals surface area (Å²) in [7, 11) is 0. The smallest absolute Gasteiger partial charge is 0.306 e. The van der Waals surface area contributed by atoms with Crippen LogP contribution in [0, 0.1) is 0 Å². The van der Waals surface area contributed by atoms with Crippen molar-refractivity contribution in [1.29, 1.82) is 0 Å². The maximum absolute atomic E-state index is 12.9. The first-order valence-corrected chi connectivity index (χ1v) is 34.3. The third-order valence-corrected chi connectivity index (χ3v) is 15.7. The van der Waals surface area contributed by atoms with Gasteiger partial charge < -0.3 is 14.2 Å². The van der Waals surface area contributed by atoms with E-state index in [9.17, 15) is 14.4 Å². The van der Waals surface area contributed by atoms with Crippen molar-refractivity contribution < 1.29 is 28.6 Å². The van der Waals surface area contributed by atoms with Crippen molar-refractivity contribution in [3.8, 4) is 0 Å². The van der Waals surface area contributed by atoms with E-state index in [0.29, 0.717) is 19.3 Å². The van der Waals surface area contributed by atoms with Gasteiger partial charge in [0.05, 0.1) is 0 Å². The van der Waals surface area contributed by atoms with Crippen molar-refractivity contribution in [3.63, 3.8) is 0 Å². The average molecular weight is 1070 g/mol. The Balaban J connectivity index is 4.02. The van der Waals surface area contributed by atoms with Crippen LogP contribution < -0.4 is 0 Å². The lowest BCUT2D eigenvalue weighted by Crippen LogP contribution is -2.30. The van der Waals surface area contributed by atoms with E-state index in [0.717, 1.165) is 64.2 Å². The summed E-state index contributed by atoms with van der Waals surface area (Å²) in [6.45, 7) is 6.68. The Bertz CT molecular complexity index is 1230. The third-order valence-electron chi connectivity index (χ3n) is 15.7. The zero-order valence-electron chi connectivity index (χ0n) is 51.6. The maximum Gasteiger partial charge on any atom is 0.306 e. The molecule has 0 N–H and O–H groups in total. The van der Waals surface area contributed by atoms with Crippen LogP contribution in [0.5, 0.6) is 0 Å². The Kier molecular flexibility index (Phi) is 63.6. The fourth-order valence-electron chi connectivity index (χ4n) is 10.5. The summed E-state index contributed by atoms with van der Waals surface area (Å²) in [5, 5.41) is 0. The lowest BCUT2D eigenvalue weighted by Gasteiger charge is -2.18. The Labute approximate surface area is 474 Å². The summed E-state index contributed by atoms with van der Waals surface area (Å²) in [5.74, 6) is -0.852. The first-order chi connectivity index (χ1) is 37.5. The summed E-state index contributed by atoms with van der Waals surface area (Å²) in [5.41, 5.74) is 0. The second kappa shape index (κ2) is 65.4. The van der Waals surface area contributed by atoms with Crippen LogP contribution in [-0.2, 0) is 28.6 Å². The molecule has 0 amide bonds. The number of esters is 3. The topological polar surface area (TPSA) is 78.9 Å². The highest BCUT2D eigenvalue weighted by atomic mass is 16.6. The molecule has 0 aliphatic heterocycles. The van der Waals surface area contributed by atoms with Gasteiger partial charge in [-0.1, -0.05) is 321 Å². The molecule has 0 aromatic rings. The van der Waals surface area contributed by atoms with Crippen molar-refractivity contribution >= 4 is 17.9 Å². The summed E-state index contributed by atoms with van der Waals surface area (Å²) in [6, 6.07) is 0. The normalized spacial score (nSPS) is 12.1. The van der Waals surface area contributed by atoms with Crippen molar-refractivity contribution in [1.82, 2.24) is 0 Å². The summed E-state index contributed by atoms with van der Waals surface area (Å²) in [4.78, 5) is 38.2. The molecule has 0 bridgehead atoms. The molecule has 6 heteroatoms. The Morgan fingerprint density at radius 1 is 0.250 bits per heavy atom. The lowest BCUT2D eigenvalue weighted by atomic mass is 10.0. The van der Waals surface area contributed by atoms with E-state index >= 15 is 0 Å². The first kappa shape index (κ1) is 73.9. The molecular formula is C70H132O6. The largest absolute Gasteiger partial charge is 0.462 e. The molecule has 0 radical (unpaired) electrons. The summed E-state index contributed by atoms with van der Waals surface area (Å²) in [6.07, 6.45) is 79.4. The van der Waals surface area contributed by atoms with E-state index in [-0.39, 0.29) is 31.1 Å². The fraction of sp³-hybridized carbons (Fsp3) is 0.900. The SMILES string of the molecule is CCCCCCC/C=C\CCCCCCCC(=O)OC(COC(=O)CCCCCCCCCCCCC)COC(=O)CCCCCCCCCCCCCCCCCCCCCCC/C=C\CCCCCCCCCC. The second-order valence-corrected chi connectivity index (χ2v) is 23.4. The number of allylic oxidation sites excluding steroid dienone is 4. The number of unbranched alkanes of at least 4 members (excludes halogenated alkanes) is 49. The van der Waals surface area contributed by atoms with Gasteiger partial charge in [-0.05, 0) is 70.6 Å². The van der Waals surface area contributed by atoms with Crippen molar-refractivity contribution in [3.05, 3.63) is 24.3 Å². The number of rotatable bonds is 64. The Morgan fingerprint density at radius 3 is 0.658 bits per heavy atom. The third kappa shape index (κ3) is 62.7. The van der Waals surface area contributed by atoms with Crippen molar-refractivity contribution in [2.45, 2.75) is 393 Å². The van der Waals surface area contributed by atoms with Gasteiger partial charge in [-0.2, -0.15) is 0 Å². The van der Waals surface area contributed by atoms with Gasteiger partial charge >= 0.3 is 17.9 Å². The monoisotopic (exact) mass is 1070 g/mol. The minimum Gasteiger partial charge on any atom is -0.462 e. The number of ether oxygens (including phenoxy) is 3. The van der Waals surface area contributed by atoms with Crippen LogP contribution in [0.4, 0.5) is 0 Å². The highest BCUT2D eigenvalue weighted by molar-refractivity contribution is 5.71. The molecule has 6 nitrogen and oxygen atoms in total. The van der Waals surface area contributed by atoms with Crippen LogP contribution in [0.2, 0.25) is 0 Å². The fourth-order valence-corrected chi connectivity index (χ4v) is 10.5. The molecule has 0 aliphatic rings. The average Bonchev–Trinajstić information content (AvgIpc) is 3.42. The van der Waals surface area contributed by atoms with Crippen LogP contribution in [0.3, 0.4) is 0 Å². The van der Waals surface area contributed by atoms with Crippen LogP contribution in [-0.4, -0.2) is 37.2 Å². The molecular weight excluding hydrogens is 937 g/mol. The second-order valence-electron chi connectivity index (χ2n) is 23.4. The lowest BCUT2D eigenvalue weighted by molar-refractivity contribution is -0.167. The van der Waals surface area contributed by atoms with E-state index in [1.807, 2.05) is 0 Å². The molecule has 0 rings (SSSR count). The maximum atomic E-state index is 12.9. The van der Waals surface area contributed by atoms with E-state index in [1.54, 1.807) is 0 Å². The highest BCUT2D eigenvalue weighted by Gasteiger charge is 2.19. The minimum atomic E-state index is -0.770.